The van der Waals surface area contributed by atoms with E-state index in [1.54, 1.807) is 0 Å². The predicted octanol–water partition coefficient (Wildman–Crippen LogP) is 0.704. The Labute approximate surface area is 68.9 Å². The van der Waals surface area contributed by atoms with Crippen LogP contribution in [0, 0.1) is 0 Å². The van der Waals surface area contributed by atoms with Gasteiger partial charge in [-0.3, -0.25) is 4.79 Å². The van der Waals surface area contributed by atoms with E-state index in [1.807, 2.05) is 0 Å². The van der Waals surface area contributed by atoms with Crippen molar-refractivity contribution in [2.24, 2.45) is 0 Å². The number of hydrogen-bond donors (Lipinski definition) is 1. The van der Waals surface area contributed by atoms with Crippen molar-refractivity contribution in [2.45, 2.75) is 12.8 Å². The van der Waals surface area contributed by atoms with Gasteiger partial charge in [0, 0.05) is 12.5 Å². The average molecular weight is 171 g/mol. The Morgan fingerprint density at radius 1 is 1.58 bits per heavy atom. The largest absolute Gasteiger partial charge is 0.491 e. The molecular weight excluding hydrogens is 162 g/mol. The van der Waals surface area contributed by atoms with Crippen LogP contribution < -0.4 is 0 Å². The molecule has 1 N–H and O–H groups in total. The summed E-state index contributed by atoms with van der Waals surface area (Å²) >= 11 is 0. The number of carbonyl (C=O) groups is 1. The van der Waals surface area contributed by atoms with Crippen molar-refractivity contribution in [3.05, 3.63) is 12.3 Å². The Morgan fingerprint density at radius 3 is 2.58 bits per heavy atom. The van der Waals surface area contributed by atoms with Crippen molar-refractivity contribution >= 4 is 5.97 Å². The third-order valence-electron chi connectivity index (χ3n) is 1.21. The molecule has 0 radical (unpaired) electrons. The normalized spacial score (nSPS) is 14.8. The highest BCUT2D eigenvalue weighted by Gasteiger charge is 2.08. The van der Waals surface area contributed by atoms with Gasteiger partial charge in [0.05, 0.1) is 6.61 Å². The number of hydrogen-bond acceptors (Lipinski definition) is 5. The minimum absolute atomic E-state index is 0.0463. The highest BCUT2D eigenvalue weighted by Crippen LogP contribution is 2.01. The molecule has 0 atom stereocenters. The molecule has 0 aromatic carbocycles. The van der Waals surface area contributed by atoms with Crippen LogP contribution in [0.3, 0.4) is 0 Å². The molecule has 1 fully saturated rings. The minimum Gasteiger partial charge on any atom is -0.491 e. The second kappa shape index (κ2) is 4.38. The molecule has 12 heavy (non-hydrogen) atoms. The van der Waals surface area contributed by atoms with Gasteiger partial charge >= 0.3 is 5.97 Å². The van der Waals surface area contributed by atoms with Gasteiger partial charge < -0.3 is 14.4 Å². The molecule has 0 spiro atoms. The summed E-state index contributed by atoms with van der Waals surface area (Å²) in [6.07, 6.45) is 2.84. The first-order valence-corrected chi connectivity index (χ1v) is 3.54. The van der Waals surface area contributed by atoms with Crippen LogP contribution >= 0.6 is 0 Å². The van der Waals surface area contributed by atoms with E-state index in [9.17, 15) is 4.79 Å². The van der Waals surface area contributed by atoms with Gasteiger partial charge in [0.25, 0.3) is 5.88 Å². The second-order valence-corrected chi connectivity index (χ2v) is 2.18. The number of nitrogens with zero attached hydrogens (tertiary/aromatic N) is 1. The van der Waals surface area contributed by atoms with Crippen LogP contribution in [-0.4, -0.2) is 22.8 Å². The topological polar surface area (TPSA) is 72.6 Å². The van der Waals surface area contributed by atoms with Crippen molar-refractivity contribution in [1.29, 1.82) is 0 Å². The molecule has 0 amide bonds. The highest BCUT2D eigenvalue weighted by molar-refractivity contribution is 5.70. The van der Waals surface area contributed by atoms with Crippen molar-refractivity contribution in [2.75, 3.05) is 6.61 Å². The SMILES string of the molecule is O=C1CCCO1.Oc1ccon1. The summed E-state index contributed by atoms with van der Waals surface area (Å²) in [7, 11) is 0. The van der Waals surface area contributed by atoms with Crippen LogP contribution in [0.5, 0.6) is 5.88 Å². The lowest BCUT2D eigenvalue weighted by molar-refractivity contribution is -0.137. The number of esters is 1. The molecule has 5 heteroatoms. The zero-order chi connectivity index (χ0) is 8.81. The zero-order valence-electron chi connectivity index (χ0n) is 6.40. The van der Waals surface area contributed by atoms with Crippen molar-refractivity contribution in [1.82, 2.24) is 5.16 Å². The Kier molecular flexibility index (Phi) is 3.13. The molecule has 0 bridgehead atoms. The summed E-state index contributed by atoms with van der Waals surface area (Å²) in [6, 6.07) is 1.36. The molecule has 66 valence electrons. The van der Waals surface area contributed by atoms with Gasteiger partial charge in [-0.15, -0.1) is 0 Å². The molecule has 2 rings (SSSR count). The molecule has 0 aliphatic carbocycles. The van der Waals surface area contributed by atoms with Crippen LogP contribution in [-0.2, 0) is 9.53 Å². The number of cyclic esters (lactones) is 1. The van der Waals surface area contributed by atoms with Crippen molar-refractivity contribution in [3.63, 3.8) is 0 Å². The standard InChI is InChI=1S/C4H6O2.C3H3NO2/c5-4-2-1-3-6-4;5-3-1-2-6-4-3/h1-3H2;1-2H,(H,4,5). The minimum atomic E-state index is -0.0741. The maximum Gasteiger partial charge on any atom is 0.305 e. The average Bonchev–Trinajstić information content (AvgIpc) is 2.63. The Morgan fingerprint density at radius 2 is 2.42 bits per heavy atom. The van der Waals surface area contributed by atoms with E-state index in [1.165, 1.54) is 12.3 Å². The molecule has 1 aliphatic heterocycles. The summed E-state index contributed by atoms with van der Waals surface area (Å²) in [5, 5.41) is 11.4. The first-order valence-electron chi connectivity index (χ1n) is 3.54. The van der Waals surface area contributed by atoms with Gasteiger partial charge in [-0.25, -0.2) is 0 Å². The Bertz CT molecular complexity index is 224. The molecule has 1 saturated heterocycles. The van der Waals surface area contributed by atoms with E-state index < -0.39 is 0 Å². The van der Waals surface area contributed by atoms with E-state index in [4.69, 9.17) is 5.11 Å². The fraction of sp³-hybridized carbons (Fsp3) is 0.429. The third kappa shape index (κ3) is 3.05. The van der Waals surface area contributed by atoms with E-state index in [0.717, 1.165) is 6.42 Å². The monoisotopic (exact) mass is 171 g/mol. The fourth-order valence-electron chi connectivity index (χ4n) is 0.681. The second-order valence-electron chi connectivity index (χ2n) is 2.18. The third-order valence-corrected chi connectivity index (χ3v) is 1.21. The molecular formula is C7H9NO4. The molecule has 5 nitrogen and oxygen atoms in total. The van der Waals surface area contributed by atoms with E-state index >= 15 is 0 Å². The lowest BCUT2D eigenvalue weighted by atomic mass is 10.4. The highest BCUT2D eigenvalue weighted by atomic mass is 16.5. The quantitative estimate of drug-likeness (QED) is 0.582. The maximum absolute atomic E-state index is 10.0. The summed E-state index contributed by atoms with van der Waals surface area (Å²) in [5.74, 6) is -0.120. The number of ether oxygens (including phenoxy) is 1. The van der Waals surface area contributed by atoms with Crippen molar-refractivity contribution < 1.29 is 19.2 Å². The first-order chi connectivity index (χ1) is 5.79. The van der Waals surface area contributed by atoms with Gasteiger partial charge in [0.2, 0.25) is 0 Å². The van der Waals surface area contributed by atoms with Gasteiger partial charge in [0.15, 0.2) is 0 Å². The zero-order valence-corrected chi connectivity index (χ0v) is 6.40. The van der Waals surface area contributed by atoms with Crippen molar-refractivity contribution in [3.8, 4) is 5.88 Å². The maximum atomic E-state index is 10.0. The fourth-order valence-corrected chi connectivity index (χ4v) is 0.681. The van der Waals surface area contributed by atoms with E-state index in [0.29, 0.717) is 13.0 Å². The van der Waals surface area contributed by atoms with Crippen LogP contribution in [0.15, 0.2) is 16.9 Å². The molecule has 1 aromatic rings. The van der Waals surface area contributed by atoms with Crippen LogP contribution in [0.2, 0.25) is 0 Å². The van der Waals surface area contributed by atoms with Crippen LogP contribution in [0.25, 0.3) is 0 Å². The lowest BCUT2D eigenvalue weighted by Crippen LogP contribution is -1.88. The van der Waals surface area contributed by atoms with Gasteiger partial charge in [0.1, 0.15) is 6.26 Å². The molecule has 0 saturated carbocycles. The predicted molar refractivity (Wildman–Crippen MR) is 38.4 cm³/mol. The smallest absolute Gasteiger partial charge is 0.305 e. The summed E-state index contributed by atoms with van der Waals surface area (Å²) in [6.45, 7) is 0.638. The lowest BCUT2D eigenvalue weighted by Gasteiger charge is -1.81. The molecule has 1 aliphatic rings. The Hall–Kier alpha value is -1.52. The summed E-state index contributed by atoms with van der Waals surface area (Å²) in [4.78, 5) is 10.0. The van der Waals surface area contributed by atoms with E-state index in [-0.39, 0.29) is 11.8 Å². The summed E-state index contributed by atoms with van der Waals surface area (Å²) in [5.41, 5.74) is 0. The van der Waals surface area contributed by atoms with Crippen LogP contribution in [0.4, 0.5) is 0 Å². The molecule has 1 aromatic heterocycles. The Balaban J connectivity index is 0.000000120. The number of aromatic nitrogens is 1. The van der Waals surface area contributed by atoms with Gasteiger partial charge in [-0.2, -0.15) is 0 Å². The van der Waals surface area contributed by atoms with E-state index in [2.05, 4.69) is 14.4 Å². The molecule has 0 unspecified atom stereocenters. The number of rotatable bonds is 0. The first kappa shape index (κ1) is 8.58. The number of aromatic hydroxyl groups is 1. The van der Waals surface area contributed by atoms with Crippen LogP contribution in [0.1, 0.15) is 12.8 Å². The van der Waals surface area contributed by atoms with Gasteiger partial charge in [-0.1, -0.05) is 0 Å². The summed E-state index contributed by atoms with van der Waals surface area (Å²) < 4.78 is 8.73. The number of carbonyl (C=O) groups excluding carboxylic acids is 1. The molecule has 2 heterocycles. The van der Waals surface area contributed by atoms with Gasteiger partial charge in [-0.05, 0) is 11.6 Å².